The van der Waals surface area contributed by atoms with Crippen molar-refractivity contribution in [2.24, 2.45) is 0 Å². The molecule has 2 N–H and O–H groups in total. The van der Waals surface area contributed by atoms with Gasteiger partial charge in [0.25, 0.3) is 5.56 Å². The van der Waals surface area contributed by atoms with Gasteiger partial charge >= 0.3 is 5.69 Å². The van der Waals surface area contributed by atoms with Crippen molar-refractivity contribution in [2.75, 3.05) is 6.61 Å². The second kappa shape index (κ2) is 10.4. The van der Waals surface area contributed by atoms with Gasteiger partial charge in [-0.15, -0.1) is 0 Å². The fraction of sp³-hybridized carbons (Fsp3) is 0.214. The summed E-state index contributed by atoms with van der Waals surface area (Å²) in [6.45, 7) is 0.0651. The molecule has 0 amide bonds. The Balaban J connectivity index is 1.50. The zero-order valence-electron chi connectivity index (χ0n) is 19.3. The average Bonchev–Trinajstić information content (AvgIpc) is 3.28. The normalized spacial score (nSPS) is 19.9. The molecule has 0 saturated carbocycles. The van der Waals surface area contributed by atoms with E-state index in [1.807, 2.05) is 91.0 Å². The van der Waals surface area contributed by atoms with Crippen molar-refractivity contribution in [3.63, 3.8) is 0 Å². The smallest absolute Gasteiger partial charge is 0.330 e. The quantitative estimate of drug-likeness (QED) is 0.341. The van der Waals surface area contributed by atoms with Gasteiger partial charge in [-0.3, -0.25) is 14.3 Å². The van der Waals surface area contributed by atoms with E-state index in [-0.39, 0.29) is 17.5 Å². The molecule has 3 aromatic carbocycles. The van der Waals surface area contributed by atoms with Crippen LogP contribution in [0, 0.1) is 0 Å². The first-order valence-corrected chi connectivity index (χ1v) is 12.4. The lowest BCUT2D eigenvalue weighted by molar-refractivity contribution is -0.0944. The Morgan fingerprint density at radius 2 is 1.42 bits per heavy atom. The number of hydrogen-bond acceptors (Lipinski definition) is 5. The van der Waals surface area contributed by atoms with Crippen molar-refractivity contribution >= 4 is 15.9 Å². The molecule has 1 aromatic heterocycles. The third-order valence-electron chi connectivity index (χ3n) is 6.44. The van der Waals surface area contributed by atoms with Gasteiger partial charge in [-0.1, -0.05) is 91.0 Å². The molecule has 3 atom stereocenters. The summed E-state index contributed by atoms with van der Waals surface area (Å²) in [5, 5.41) is 10.8. The number of aliphatic hydroxyl groups is 1. The van der Waals surface area contributed by atoms with Crippen molar-refractivity contribution in [2.45, 2.75) is 30.5 Å². The van der Waals surface area contributed by atoms with E-state index in [4.69, 9.17) is 9.47 Å². The summed E-state index contributed by atoms with van der Waals surface area (Å²) in [7, 11) is 0. The van der Waals surface area contributed by atoms with Gasteiger partial charge in [0.2, 0.25) is 0 Å². The standard InChI is InChI=1S/C28H25BrN2O5/c29-22-17-31(27(34)30-26(22)33)25-16-23(32)24(36-25)18-35-28(19-10-4-1-5-11-19,20-12-6-2-7-13-20)21-14-8-3-9-15-21/h1-15,17,23-25,32H,16,18H2,(H,30,33,34)/t23?,24-,25-/m0/s1. The summed E-state index contributed by atoms with van der Waals surface area (Å²) in [6, 6.07) is 29.8. The Morgan fingerprint density at radius 3 is 1.92 bits per heavy atom. The van der Waals surface area contributed by atoms with E-state index in [1.54, 1.807) is 0 Å². The number of nitrogens with one attached hydrogen (secondary N) is 1. The summed E-state index contributed by atoms with van der Waals surface area (Å²) in [6.07, 6.45) is -0.740. The van der Waals surface area contributed by atoms with Gasteiger partial charge < -0.3 is 14.6 Å². The highest BCUT2D eigenvalue weighted by Gasteiger charge is 2.41. The van der Waals surface area contributed by atoms with Crippen LogP contribution < -0.4 is 11.2 Å². The minimum Gasteiger partial charge on any atom is -0.390 e. The van der Waals surface area contributed by atoms with Gasteiger partial charge in [-0.2, -0.15) is 0 Å². The highest BCUT2D eigenvalue weighted by atomic mass is 79.9. The van der Waals surface area contributed by atoms with Gasteiger partial charge in [0.1, 0.15) is 17.9 Å². The highest BCUT2D eigenvalue weighted by Crippen LogP contribution is 2.41. The molecule has 0 bridgehead atoms. The number of aromatic amines is 1. The summed E-state index contributed by atoms with van der Waals surface area (Å²) in [5.74, 6) is 0. The third-order valence-corrected chi connectivity index (χ3v) is 7.01. The highest BCUT2D eigenvalue weighted by molar-refractivity contribution is 9.10. The molecule has 0 radical (unpaired) electrons. The molecule has 7 nitrogen and oxygen atoms in total. The summed E-state index contributed by atoms with van der Waals surface area (Å²) in [5.41, 5.74) is 0.733. The molecule has 5 rings (SSSR count). The van der Waals surface area contributed by atoms with Crippen LogP contribution in [0.1, 0.15) is 29.3 Å². The predicted octanol–water partition coefficient (Wildman–Crippen LogP) is 3.96. The van der Waals surface area contributed by atoms with Crippen LogP contribution in [0.2, 0.25) is 0 Å². The molecular formula is C28H25BrN2O5. The van der Waals surface area contributed by atoms with Crippen LogP contribution in [0.3, 0.4) is 0 Å². The zero-order valence-corrected chi connectivity index (χ0v) is 20.9. The van der Waals surface area contributed by atoms with Gasteiger partial charge in [0.15, 0.2) is 0 Å². The molecule has 1 aliphatic heterocycles. The van der Waals surface area contributed by atoms with Gasteiger partial charge in [0.05, 0.1) is 17.2 Å². The first kappa shape index (κ1) is 24.4. The molecule has 0 aliphatic carbocycles. The second-order valence-electron chi connectivity index (χ2n) is 8.67. The van der Waals surface area contributed by atoms with Crippen LogP contribution in [0.4, 0.5) is 0 Å². The number of benzene rings is 3. The fourth-order valence-corrected chi connectivity index (χ4v) is 5.01. The Kier molecular flexibility index (Phi) is 7.02. The average molecular weight is 549 g/mol. The zero-order chi connectivity index (χ0) is 25.1. The number of nitrogens with zero attached hydrogens (tertiary/aromatic N) is 1. The number of hydrogen-bond donors (Lipinski definition) is 2. The molecule has 2 heterocycles. The van der Waals surface area contributed by atoms with E-state index >= 15 is 0 Å². The van der Waals surface area contributed by atoms with E-state index < -0.39 is 35.3 Å². The molecular weight excluding hydrogens is 524 g/mol. The number of aliphatic hydroxyl groups excluding tert-OH is 1. The number of ether oxygens (including phenoxy) is 2. The van der Waals surface area contributed by atoms with Crippen LogP contribution in [0.5, 0.6) is 0 Å². The summed E-state index contributed by atoms with van der Waals surface area (Å²) >= 11 is 3.15. The predicted molar refractivity (Wildman–Crippen MR) is 139 cm³/mol. The maximum Gasteiger partial charge on any atom is 0.330 e. The van der Waals surface area contributed by atoms with E-state index in [0.29, 0.717) is 0 Å². The second-order valence-corrected chi connectivity index (χ2v) is 9.52. The Labute approximate surface area is 216 Å². The number of rotatable bonds is 7. The van der Waals surface area contributed by atoms with E-state index in [0.717, 1.165) is 16.7 Å². The van der Waals surface area contributed by atoms with Crippen LogP contribution >= 0.6 is 15.9 Å². The van der Waals surface area contributed by atoms with Gasteiger partial charge in [-0.25, -0.2) is 4.79 Å². The van der Waals surface area contributed by atoms with Crippen molar-refractivity contribution in [3.8, 4) is 0 Å². The van der Waals surface area contributed by atoms with Crippen molar-refractivity contribution in [1.29, 1.82) is 0 Å². The Bertz CT molecular complexity index is 1330. The lowest BCUT2D eigenvalue weighted by Gasteiger charge is -2.37. The molecule has 1 unspecified atom stereocenters. The molecule has 36 heavy (non-hydrogen) atoms. The van der Waals surface area contributed by atoms with Gasteiger partial charge in [0, 0.05) is 12.6 Å². The maximum absolute atomic E-state index is 12.4. The molecule has 1 fully saturated rings. The van der Waals surface area contributed by atoms with E-state index in [2.05, 4.69) is 20.9 Å². The number of aromatic nitrogens is 2. The lowest BCUT2D eigenvalue weighted by Crippen LogP contribution is -2.38. The molecule has 1 saturated heterocycles. The van der Waals surface area contributed by atoms with Crippen LogP contribution in [-0.4, -0.2) is 33.5 Å². The number of halogens is 1. The minimum atomic E-state index is -0.956. The lowest BCUT2D eigenvalue weighted by atomic mass is 9.80. The van der Waals surface area contributed by atoms with E-state index in [9.17, 15) is 14.7 Å². The van der Waals surface area contributed by atoms with Crippen LogP contribution in [0.15, 0.2) is 111 Å². The summed E-state index contributed by atoms with van der Waals surface area (Å²) < 4.78 is 14.3. The Morgan fingerprint density at radius 1 is 0.917 bits per heavy atom. The van der Waals surface area contributed by atoms with Crippen LogP contribution in [0.25, 0.3) is 0 Å². The monoisotopic (exact) mass is 548 g/mol. The first-order valence-electron chi connectivity index (χ1n) is 11.6. The van der Waals surface area contributed by atoms with Crippen molar-refractivity contribution in [3.05, 3.63) is 139 Å². The Hall–Kier alpha value is -3.30. The molecule has 4 aromatic rings. The largest absolute Gasteiger partial charge is 0.390 e. The van der Waals surface area contributed by atoms with E-state index in [1.165, 1.54) is 10.8 Å². The number of H-pyrrole nitrogens is 1. The topological polar surface area (TPSA) is 93.6 Å². The van der Waals surface area contributed by atoms with Crippen molar-refractivity contribution in [1.82, 2.24) is 9.55 Å². The molecule has 1 aliphatic rings. The SMILES string of the molecule is O=c1[nH]c(=O)n([C@@H]2CC(O)[C@H](COC(c3ccccc3)(c3ccccc3)c3ccccc3)O2)cc1Br. The van der Waals surface area contributed by atoms with Crippen LogP contribution in [-0.2, 0) is 15.1 Å². The molecule has 184 valence electrons. The minimum absolute atomic E-state index is 0.0651. The summed E-state index contributed by atoms with van der Waals surface area (Å²) in [4.78, 5) is 26.3. The maximum atomic E-state index is 12.4. The van der Waals surface area contributed by atoms with Gasteiger partial charge in [-0.05, 0) is 32.6 Å². The fourth-order valence-electron chi connectivity index (χ4n) is 4.69. The first-order chi connectivity index (χ1) is 17.5. The third kappa shape index (κ3) is 4.60. The van der Waals surface area contributed by atoms with Crippen molar-refractivity contribution < 1.29 is 14.6 Å². The molecule has 8 heteroatoms. The molecule has 0 spiro atoms.